The molecule has 1 aromatic heterocycles. The molecule has 1 aromatic carbocycles. The molecule has 192 valence electrons. The zero-order valence-electron chi connectivity index (χ0n) is 21.9. The maximum Gasteiger partial charge on any atom is 0.367 e. The summed E-state index contributed by atoms with van der Waals surface area (Å²) in [5, 5.41) is 14.1. The van der Waals surface area contributed by atoms with Crippen LogP contribution in [0.25, 0.3) is 0 Å². The highest BCUT2D eigenvalue weighted by Gasteiger charge is 2.38. The summed E-state index contributed by atoms with van der Waals surface area (Å²) in [7, 11) is 5.34. The number of furan rings is 1. The lowest BCUT2D eigenvalue weighted by Crippen LogP contribution is -2.42. The van der Waals surface area contributed by atoms with Crippen LogP contribution >= 0.6 is 0 Å². The highest BCUT2D eigenvalue weighted by atomic mass is 32.2. The van der Waals surface area contributed by atoms with Gasteiger partial charge >= 0.3 is 10.2 Å². The number of amidine groups is 2. The molecule has 2 N–H and O–H groups in total. The fraction of sp³-hybridized carbons (Fsp3) is 0.500. The maximum atomic E-state index is 12.5. The Balaban J connectivity index is 2.02. The molecule has 10 nitrogen and oxygen atoms in total. The summed E-state index contributed by atoms with van der Waals surface area (Å²) in [5.41, 5.74) is 0.664. The molecule has 0 bridgehead atoms. The summed E-state index contributed by atoms with van der Waals surface area (Å²) in [6, 6.07) is 8.72. The first-order valence-corrected chi connectivity index (χ1v) is 12.7. The van der Waals surface area contributed by atoms with Gasteiger partial charge in [-0.2, -0.15) is 8.42 Å². The third kappa shape index (κ3) is 5.68. The Morgan fingerprint density at radius 2 is 1.63 bits per heavy atom. The molecule has 0 saturated heterocycles. The topological polar surface area (TPSA) is 114 Å². The van der Waals surface area contributed by atoms with Gasteiger partial charge in [-0.1, -0.05) is 32.9 Å². The normalized spacial score (nSPS) is 16.6. The number of aryl methyl sites for hydroxylation is 1. The summed E-state index contributed by atoms with van der Waals surface area (Å²) >= 11 is 0. The highest BCUT2D eigenvalue weighted by Crippen LogP contribution is 2.40. The minimum atomic E-state index is -4.09. The van der Waals surface area contributed by atoms with Gasteiger partial charge in [0.1, 0.15) is 17.3 Å². The molecule has 0 aliphatic carbocycles. The molecule has 1 aliphatic heterocycles. The van der Waals surface area contributed by atoms with Crippen molar-refractivity contribution in [3.05, 3.63) is 47.4 Å². The van der Waals surface area contributed by atoms with Crippen molar-refractivity contribution in [2.24, 2.45) is 14.2 Å². The van der Waals surface area contributed by atoms with E-state index in [1.165, 1.54) is 0 Å². The average molecular weight is 505 g/mol. The standard InChI is InChI=1S/C24H36N6O4S/c1-15-13-14-18(34-15)20(24(2,3)4)30(9)22-21(26-35(32,33)27-22)25-17-12-10-11-16(19(17)31)23(28(5)6)29(7)8/h10-14,20,23,31H,1-9H3,(H,25,26)/t20-/m0/s1. The number of benzene rings is 1. The zero-order chi connectivity index (χ0) is 26.3. The number of anilines is 1. The Kier molecular flexibility index (Phi) is 7.35. The minimum absolute atomic E-state index is 0.00271. The molecule has 35 heavy (non-hydrogen) atoms. The molecule has 3 rings (SSSR count). The van der Waals surface area contributed by atoms with E-state index in [4.69, 9.17) is 4.42 Å². The Hall–Kier alpha value is -2.89. The van der Waals surface area contributed by atoms with Crippen LogP contribution in [0.4, 0.5) is 5.69 Å². The molecule has 0 fully saturated rings. The van der Waals surface area contributed by atoms with Crippen molar-refractivity contribution in [2.45, 2.75) is 39.9 Å². The number of para-hydroxylation sites is 1. The summed E-state index contributed by atoms with van der Waals surface area (Å²) < 4.78 is 38.6. The monoisotopic (exact) mass is 504 g/mol. The van der Waals surface area contributed by atoms with Crippen molar-refractivity contribution >= 4 is 27.6 Å². The van der Waals surface area contributed by atoms with Crippen molar-refractivity contribution in [1.29, 1.82) is 0 Å². The van der Waals surface area contributed by atoms with Crippen LogP contribution in [0.2, 0.25) is 0 Å². The summed E-state index contributed by atoms with van der Waals surface area (Å²) in [6.45, 7) is 7.98. The number of nitrogens with zero attached hydrogens (tertiary/aromatic N) is 5. The molecule has 2 heterocycles. The van der Waals surface area contributed by atoms with E-state index in [0.29, 0.717) is 17.0 Å². The molecular formula is C24H36N6O4S. The lowest BCUT2D eigenvalue weighted by Gasteiger charge is -2.37. The summed E-state index contributed by atoms with van der Waals surface area (Å²) in [6.07, 6.45) is -0.200. The van der Waals surface area contributed by atoms with E-state index in [9.17, 15) is 13.5 Å². The van der Waals surface area contributed by atoms with Gasteiger partial charge in [-0.3, -0.25) is 9.80 Å². The third-order valence-electron chi connectivity index (χ3n) is 5.77. The smallest absolute Gasteiger partial charge is 0.367 e. The maximum absolute atomic E-state index is 12.5. The van der Waals surface area contributed by atoms with Crippen molar-refractivity contribution in [1.82, 2.24) is 14.7 Å². The van der Waals surface area contributed by atoms with Crippen LogP contribution in [0.5, 0.6) is 5.75 Å². The molecule has 0 saturated carbocycles. The Labute approximate surface area is 208 Å². The van der Waals surface area contributed by atoms with Gasteiger partial charge < -0.3 is 19.7 Å². The van der Waals surface area contributed by atoms with Crippen LogP contribution in [0, 0.1) is 12.3 Å². The first-order valence-electron chi connectivity index (χ1n) is 11.3. The van der Waals surface area contributed by atoms with Crippen molar-refractivity contribution in [3.8, 4) is 5.75 Å². The van der Waals surface area contributed by atoms with Crippen molar-refractivity contribution in [3.63, 3.8) is 0 Å². The van der Waals surface area contributed by atoms with E-state index >= 15 is 0 Å². The van der Waals surface area contributed by atoms with Crippen LogP contribution in [-0.4, -0.2) is 75.1 Å². The predicted octanol–water partition coefficient (Wildman–Crippen LogP) is 3.60. The van der Waals surface area contributed by atoms with Gasteiger partial charge in [-0.15, -0.1) is 8.80 Å². The van der Waals surface area contributed by atoms with E-state index < -0.39 is 10.2 Å². The van der Waals surface area contributed by atoms with E-state index in [1.807, 2.05) is 83.9 Å². The molecule has 11 heteroatoms. The first-order chi connectivity index (χ1) is 16.1. The molecule has 0 amide bonds. The van der Waals surface area contributed by atoms with E-state index in [-0.39, 0.29) is 35.0 Å². The molecular weight excluding hydrogens is 468 g/mol. The summed E-state index contributed by atoms with van der Waals surface area (Å²) in [5.74, 6) is 1.62. The Bertz CT molecular complexity index is 1230. The number of rotatable bonds is 6. The van der Waals surface area contributed by atoms with E-state index in [0.717, 1.165) is 5.76 Å². The second-order valence-corrected chi connectivity index (χ2v) is 11.6. The van der Waals surface area contributed by atoms with Gasteiger partial charge in [0.25, 0.3) is 0 Å². The number of phenolic OH excluding ortho intramolecular Hbond substituents is 1. The van der Waals surface area contributed by atoms with Crippen LogP contribution in [0.3, 0.4) is 0 Å². The molecule has 0 unspecified atom stereocenters. The van der Waals surface area contributed by atoms with Gasteiger partial charge in [0.05, 0.1) is 17.9 Å². The van der Waals surface area contributed by atoms with Gasteiger partial charge in [0.15, 0.2) is 11.7 Å². The minimum Gasteiger partial charge on any atom is -0.505 e. The van der Waals surface area contributed by atoms with Gasteiger partial charge in [-0.05, 0) is 58.7 Å². The molecule has 1 atom stereocenters. The summed E-state index contributed by atoms with van der Waals surface area (Å²) in [4.78, 5) is 5.69. The second kappa shape index (κ2) is 9.63. The fourth-order valence-corrected chi connectivity index (χ4v) is 5.41. The average Bonchev–Trinajstić information content (AvgIpc) is 3.25. The van der Waals surface area contributed by atoms with Crippen molar-refractivity contribution < 1.29 is 17.9 Å². The lowest BCUT2D eigenvalue weighted by atomic mass is 9.84. The first kappa shape index (κ1) is 26.7. The molecule has 0 radical (unpaired) electrons. The molecule has 1 aliphatic rings. The van der Waals surface area contributed by atoms with Crippen LogP contribution in [-0.2, 0) is 10.2 Å². The van der Waals surface area contributed by atoms with E-state index in [1.54, 1.807) is 24.1 Å². The number of likely N-dealkylation sites (N-methyl/N-ethyl adjacent to an activating group) is 1. The van der Waals surface area contributed by atoms with E-state index in [2.05, 4.69) is 14.1 Å². The lowest BCUT2D eigenvalue weighted by molar-refractivity contribution is 0.128. The zero-order valence-corrected chi connectivity index (χ0v) is 22.7. The number of aromatic hydroxyl groups is 1. The quantitative estimate of drug-likeness (QED) is 0.453. The van der Waals surface area contributed by atoms with Crippen molar-refractivity contribution in [2.75, 3.05) is 40.6 Å². The second-order valence-electron chi connectivity index (χ2n) is 10.3. The third-order valence-corrected chi connectivity index (χ3v) is 6.59. The predicted molar refractivity (Wildman–Crippen MR) is 139 cm³/mol. The van der Waals surface area contributed by atoms with Gasteiger partial charge in [0.2, 0.25) is 0 Å². The number of hydrogen-bond acceptors (Lipinski definition) is 8. The van der Waals surface area contributed by atoms with Gasteiger partial charge in [0, 0.05) is 12.6 Å². The fourth-order valence-electron chi connectivity index (χ4n) is 4.58. The highest BCUT2D eigenvalue weighted by molar-refractivity contribution is 7.89. The van der Waals surface area contributed by atoms with Gasteiger partial charge in [-0.25, -0.2) is 0 Å². The number of nitrogens with one attached hydrogen (secondary N) is 1. The Morgan fingerprint density at radius 1 is 1.00 bits per heavy atom. The molecule has 2 aromatic rings. The largest absolute Gasteiger partial charge is 0.505 e. The van der Waals surface area contributed by atoms with Crippen LogP contribution < -0.4 is 5.32 Å². The molecule has 0 spiro atoms. The number of hydrogen-bond donors (Lipinski definition) is 2. The van der Waals surface area contributed by atoms with Crippen LogP contribution in [0.1, 0.15) is 50.1 Å². The SMILES string of the molecule is Cc1ccc([C@H](N(C)C2=NS(=O)(=O)N=C2Nc2cccc(C(N(C)C)N(C)C)c2O)C(C)(C)C)o1. The van der Waals surface area contributed by atoms with Crippen LogP contribution in [0.15, 0.2) is 43.5 Å². The number of phenols is 1. The Morgan fingerprint density at radius 3 is 2.14 bits per heavy atom.